The number of hydrogen-bond acceptors (Lipinski definition) is 6. The molecule has 0 aromatic heterocycles. The van der Waals surface area contributed by atoms with Crippen molar-refractivity contribution >= 4 is 27.9 Å². The number of ether oxygens (including phenoxy) is 1. The number of rotatable bonds is 6. The van der Waals surface area contributed by atoms with Gasteiger partial charge in [-0.05, 0) is 37.1 Å². The first-order valence-electron chi connectivity index (χ1n) is 9.64. The highest BCUT2D eigenvalue weighted by molar-refractivity contribution is 7.89. The molecule has 1 aliphatic heterocycles. The molecule has 0 bridgehead atoms. The highest BCUT2D eigenvalue weighted by Crippen LogP contribution is 2.26. The van der Waals surface area contributed by atoms with Gasteiger partial charge in [0, 0.05) is 26.2 Å². The zero-order valence-electron chi connectivity index (χ0n) is 16.3. The molecule has 3 rings (SSSR count). The van der Waals surface area contributed by atoms with Crippen LogP contribution in [0, 0.1) is 0 Å². The molecule has 2 aliphatic rings. The van der Waals surface area contributed by atoms with Gasteiger partial charge in [0.2, 0.25) is 10.0 Å². The van der Waals surface area contributed by atoms with Gasteiger partial charge >= 0.3 is 12.0 Å². The fraction of sp³-hybridized carbons (Fsp3) is 0.526. The Bertz CT molecular complexity index is 878. The number of imide groups is 1. The van der Waals surface area contributed by atoms with E-state index in [2.05, 4.69) is 5.32 Å². The predicted molar refractivity (Wildman–Crippen MR) is 104 cm³/mol. The quantitative estimate of drug-likeness (QED) is 0.691. The number of hydrogen-bond donors (Lipinski definition) is 1. The van der Waals surface area contributed by atoms with Gasteiger partial charge < -0.3 is 10.1 Å². The summed E-state index contributed by atoms with van der Waals surface area (Å²) in [6, 6.07) is 4.92. The van der Waals surface area contributed by atoms with Gasteiger partial charge in [-0.15, -0.1) is 0 Å². The van der Waals surface area contributed by atoms with E-state index in [1.807, 2.05) is 0 Å². The summed E-state index contributed by atoms with van der Waals surface area (Å²) in [6.45, 7) is 0.0385. The minimum Gasteiger partial charge on any atom is -0.452 e. The Morgan fingerprint density at radius 1 is 1.17 bits per heavy atom. The molecule has 1 aliphatic carbocycles. The molecule has 0 spiro atoms. The lowest BCUT2D eigenvalue weighted by Gasteiger charge is -2.30. The summed E-state index contributed by atoms with van der Waals surface area (Å²) in [4.78, 5) is 36.5. The van der Waals surface area contributed by atoms with Crippen LogP contribution in [-0.2, 0) is 19.6 Å². The van der Waals surface area contributed by atoms with E-state index in [4.69, 9.17) is 4.74 Å². The number of esters is 1. The van der Waals surface area contributed by atoms with Crippen molar-refractivity contribution in [3.8, 4) is 0 Å². The molecular weight excluding hydrogens is 398 g/mol. The minimum absolute atomic E-state index is 0.00723. The first-order chi connectivity index (χ1) is 13.8. The Morgan fingerprint density at radius 2 is 1.83 bits per heavy atom. The van der Waals surface area contributed by atoms with E-state index in [0.717, 1.165) is 37.0 Å². The van der Waals surface area contributed by atoms with Crippen molar-refractivity contribution in [3.63, 3.8) is 0 Å². The van der Waals surface area contributed by atoms with Crippen molar-refractivity contribution in [1.82, 2.24) is 14.5 Å². The van der Waals surface area contributed by atoms with Gasteiger partial charge in [-0.25, -0.2) is 18.0 Å². The van der Waals surface area contributed by atoms with Crippen molar-refractivity contribution < 1.29 is 27.5 Å². The number of nitrogens with zero attached hydrogens (tertiary/aromatic N) is 2. The summed E-state index contributed by atoms with van der Waals surface area (Å²) < 4.78 is 32.0. The van der Waals surface area contributed by atoms with Crippen LogP contribution in [0.15, 0.2) is 29.2 Å². The molecule has 9 nitrogen and oxygen atoms in total. The van der Waals surface area contributed by atoms with Crippen LogP contribution in [0.1, 0.15) is 42.5 Å². The molecule has 1 aromatic carbocycles. The van der Waals surface area contributed by atoms with Crippen molar-refractivity contribution in [2.45, 2.75) is 43.0 Å². The Hall–Kier alpha value is -2.46. The Balaban J connectivity index is 1.60. The van der Waals surface area contributed by atoms with Crippen LogP contribution in [0.4, 0.5) is 4.79 Å². The molecule has 10 heteroatoms. The van der Waals surface area contributed by atoms with Gasteiger partial charge in [-0.2, -0.15) is 4.31 Å². The number of carbonyl (C=O) groups is 3. The first kappa shape index (κ1) is 21.3. The van der Waals surface area contributed by atoms with Crippen LogP contribution in [-0.4, -0.2) is 68.3 Å². The maximum atomic E-state index is 12.8. The SMILES string of the molecule is CN(C1CCCCC1)S(=O)(=O)c1ccc(C(=O)OCC(=O)N2CCNC2=O)cc1. The highest BCUT2D eigenvalue weighted by Gasteiger charge is 2.29. The highest BCUT2D eigenvalue weighted by atomic mass is 32.2. The van der Waals surface area contributed by atoms with Gasteiger partial charge in [0.15, 0.2) is 6.61 Å². The lowest BCUT2D eigenvalue weighted by Crippen LogP contribution is -2.38. The van der Waals surface area contributed by atoms with E-state index in [1.54, 1.807) is 7.05 Å². The minimum atomic E-state index is -3.65. The largest absolute Gasteiger partial charge is 0.452 e. The fourth-order valence-electron chi connectivity index (χ4n) is 3.57. The lowest BCUT2D eigenvalue weighted by atomic mass is 9.96. The molecule has 3 amide bonds. The average molecular weight is 423 g/mol. The molecular formula is C19H25N3O6S. The monoisotopic (exact) mass is 423 g/mol. The van der Waals surface area contributed by atoms with E-state index in [1.165, 1.54) is 28.6 Å². The standard InChI is InChI=1S/C19H25N3O6S/c1-21(15-5-3-2-4-6-15)29(26,27)16-9-7-14(8-10-16)18(24)28-13-17(23)22-12-11-20-19(22)25/h7-10,15H,2-6,11-13H2,1H3,(H,20,25). The normalized spacial score (nSPS) is 18.0. The summed E-state index contributed by atoms with van der Waals surface area (Å²) in [5.74, 6) is -1.37. The smallest absolute Gasteiger partial charge is 0.338 e. The molecule has 158 valence electrons. The lowest BCUT2D eigenvalue weighted by molar-refractivity contribution is -0.130. The van der Waals surface area contributed by atoms with Crippen LogP contribution in [0.3, 0.4) is 0 Å². The maximum Gasteiger partial charge on any atom is 0.338 e. The first-order valence-corrected chi connectivity index (χ1v) is 11.1. The Labute approximate surface area is 170 Å². The number of benzene rings is 1. The van der Waals surface area contributed by atoms with Crippen LogP contribution >= 0.6 is 0 Å². The van der Waals surface area contributed by atoms with E-state index < -0.39 is 34.5 Å². The average Bonchev–Trinajstić information content (AvgIpc) is 3.17. The number of sulfonamides is 1. The third kappa shape index (κ3) is 4.76. The molecule has 1 heterocycles. The van der Waals surface area contributed by atoms with Gasteiger partial charge in [0.1, 0.15) is 0 Å². The van der Waals surface area contributed by atoms with E-state index in [0.29, 0.717) is 6.54 Å². The maximum absolute atomic E-state index is 12.8. The summed E-state index contributed by atoms with van der Waals surface area (Å²) in [6.07, 6.45) is 4.87. The molecule has 1 saturated heterocycles. The van der Waals surface area contributed by atoms with Gasteiger partial charge in [-0.1, -0.05) is 19.3 Å². The predicted octanol–water partition coefficient (Wildman–Crippen LogP) is 1.35. The van der Waals surface area contributed by atoms with Crippen LogP contribution in [0.2, 0.25) is 0 Å². The molecule has 0 radical (unpaired) electrons. The van der Waals surface area contributed by atoms with Crippen molar-refractivity contribution in [2.24, 2.45) is 0 Å². The Morgan fingerprint density at radius 3 is 2.41 bits per heavy atom. The second-order valence-corrected chi connectivity index (χ2v) is 9.19. The van der Waals surface area contributed by atoms with E-state index in [9.17, 15) is 22.8 Å². The van der Waals surface area contributed by atoms with E-state index in [-0.39, 0.29) is 23.0 Å². The molecule has 1 N–H and O–H groups in total. The van der Waals surface area contributed by atoms with Crippen LogP contribution in [0.25, 0.3) is 0 Å². The van der Waals surface area contributed by atoms with Crippen molar-refractivity contribution in [3.05, 3.63) is 29.8 Å². The van der Waals surface area contributed by atoms with Crippen molar-refractivity contribution in [2.75, 3.05) is 26.7 Å². The van der Waals surface area contributed by atoms with Gasteiger partial charge in [0.05, 0.1) is 10.5 Å². The van der Waals surface area contributed by atoms with Crippen molar-refractivity contribution in [1.29, 1.82) is 0 Å². The Kier molecular flexibility index (Phi) is 6.53. The molecule has 0 atom stereocenters. The summed E-state index contributed by atoms with van der Waals surface area (Å²) in [5.41, 5.74) is 0.128. The topological polar surface area (TPSA) is 113 Å². The third-order valence-electron chi connectivity index (χ3n) is 5.34. The second-order valence-electron chi connectivity index (χ2n) is 7.19. The second kappa shape index (κ2) is 8.91. The zero-order chi connectivity index (χ0) is 21.0. The zero-order valence-corrected chi connectivity index (χ0v) is 17.1. The fourth-order valence-corrected chi connectivity index (χ4v) is 4.98. The summed E-state index contributed by atoms with van der Waals surface area (Å²) >= 11 is 0. The van der Waals surface area contributed by atoms with Gasteiger partial charge in [-0.3, -0.25) is 9.69 Å². The van der Waals surface area contributed by atoms with Gasteiger partial charge in [0.25, 0.3) is 5.91 Å². The molecule has 1 aromatic rings. The van der Waals surface area contributed by atoms with Crippen LogP contribution < -0.4 is 5.32 Å². The number of nitrogens with one attached hydrogen (secondary N) is 1. The summed E-state index contributed by atoms with van der Waals surface area (Å²) in [7, 11) is -2.06. The number of carbonyl (C=O) groups excluding carboxylic acids is 3. The number of urea groups is 1. The molecule has 29 heavy (non-hydrogen) atoms. The van der Waals surface area contributed by atoms with E-state index >= 15 is 0 Å². The molecule has 2 fully saturated rings. The summed E-state index contributed by atoms with van der Waals surface area (Å²) in [5, 5.41) is 2.49. The number of amides is 3. The molecule has 1 saturated carbocycles. The van der Waals surface area contributed by atoms with Crippen LogP contribution in [0.5, 0.6) is 0 Å². The molecule has 0 unspecified atom stereocenters. The third-order valence-corrected chi connectivity index (χ3v) is 7.26.